The second-order valence-electron chi connectivity index (χ2n) is 6.50. The quantitative estimate of drug-likeness (QED) is 0.481. The number of hydrogen-bond acceptors (Lipinski definition) is 7. The van der Waals surface area contributed by atoms with Crippen LogP contribution in [0.25, 0.3) is 16.2 Å². The van der Waals surface area contributed by atoms with Gasteiger partial charge in [-0.1, -0.05) is 30.3 Å². The van der Waals surface area contributed by atoms with Gasteiger partial charge in [-0.3, -0.25) is 0 Å². The highest BCUT2D eigenvalue weighted by Gasteiger charge is 2.11. The van der Waals surface area contributed by atoms with E-state index in [0.717, 1.165) is 46.6 Å². The van der Waals surface area contributed by atoms with Crippen molar-refractivity contribution in [2.24, 2.45) is 0 Å². The number of anilines is 1. The maximum Gasteiger partial charge on any atom is 0.226 e. The number of nitrogens with zero attached hydrogens (tertiary/aromatic N) is 5. The van der Waals surface area contributed by atoms with E-state index >= 15 is 0 Å². The van der Waals surface area contributed by atoms with Crippen LogP contribution in [0.3, 0.4) is 0 Å². The molecule has 3 heterocycles. The molecule has 0 aliphatic rings. The molecule has 9 heteroatoms. The number of benzene rings is 1. The maximum atomic E-state index is 13.0. The van der Waals surface area contributed by atoms with Crippen molar-refractivity contribution in [3.8, 4) is 11.3 Å². The lowest BCUT2D eigenvalue weighted by molar-refractivity contribution is 0.369. The van der Waals surface area contributed by atoms with Gasteiger partial charge in [0.05, 0.1) is 11.9 Å². The molecule has 0 aliphatic heterocycles. The van der Waals surface area contributed by atoms with Crippen LogP contribution in [0, 0.1) is 5.82 Å². The van der Waals surface area contributed by atoms with E-state index in [4.69, 9.17) is 4.52 Å². The summed E-state index contributed by atoms with van der Waals surface area (Å²) in [5.41, 5.74) is 1.64. The number of rotatable bonds is 7. The molecule has 0 atom stereocenters. The molecule has 1 N–H and O–H groups in total. The van der Waals surface area contributed by atoms with Crippen LogP contribution in [0.4, 0.5) is 9.52 Å². The van der Waals surface area contributed by atoms with Crippen molar-refractivity contribution in [1.29, 1.82) is 0 Å². The molecule has 0 bridgehead atoms. The average Bonchev–Trinajstić information content (AvgIpc) is 3.34. The second-order valence-corrected chi connectivity index (χ2v) is 7.45. The van der Waals surface area contributed by atoms with Crippen LogP contribution in [0.2, 0.25) is 0 Å². The third-order valence-electron chi connectivity index (χ3n) is 4.03. The van der Waals surface area contributed by atoms with Gasteiger partial charge >= 0.3 is 0 Å². The Hall–Kier alpha value is -2.81. The van der Waals surface area contributed by atoms with Crippen LogP contribution in [-0.4, -0.2) is 31.3 Å². The summed E-state index contributed by atoms with van der Waals surface area (Å²) in [6, 6.07) is 6.28. The van der Waals surface area contributed by atoms with E-state index in [1.54, 1.807) is 16.6 Å². The number of aromatic nitrogens is 5. The molecule has 0 saturated heterocycles. The van der Waals surface area contributed by atoms with Gasteiger partial charge in [0.2, 0.25) is 16.0 Å². The Morgan fingerprint density at radius 1 is 1.22 bits per heavy atom. The molecule has 3 aromatic heterocycles. The number of halogens is 1. The molecule has 1 aromatic carbocycles. The minimum Gasteiger partial charge on any atom is -0.360 e. The molecule has 0 radical (unpaired) electrons. The summed E-state index contributed by atoms with van der Waals surface area (Å²) in [4.78, 5) is 9.71. The zero-order valence-electron chi connectivity index (χ0n) is 15.0. The second kappa shape index (κ2) is 7.43. The van der Waals surface area contributed by atoms with Crippen LogP contribution < -0.4 is 5.32 Å². The summed E-state index contributed by atoms with van der Waals surface area (Å²) < 4.78 is 20.0. The largest absolute Gasteiger partial charge is 0.360 e. The number of hydrogen-bond donors (Lipinski definition) is 1. The molecular formula is C18H19FN6OS. The molecule has 0 saturated carbocycles. The lowest BCUT2D eigenvalue weighted by Gasteiger charge is -1.99. The molecular weight excluding hydrogens is 367 g/mol. The van der Waals surface area contributed by atoms with Crippen molar-refractivity contribution in [2.45, 2.75) is 32.6 Å². The molecule has 27 heavy (non-hydrogen) atoms. The van der Waals surface area contributed by atoms with Gasteiger partial charge in [0.15, 0.2) is 5.82 Å². The number of nitrogens with one attached hydrogen (secondary N) is 1. The Balaban J connectivity index is 1.33. The van der Waals surface area contributed by atoms with Crippen molar-refractivity contribution >= 4 is 21.4 Å². The Morgan fingerprint density at radius 2 is 2.04 bits per heavy atom. The van der Waals surface area contributed by atoms with Crippen LogP contribution in [0.15, 0.2) is 35.0 Å². The first kappa shape index (κ1) is 17.6. The lowest BCUT2D eigenvalue weighted by atomic mass is 10.2. The highest BCUT2D eigenvalue weighted by molar-refractivity contribution is 7.20. The predicted octanol–water partition coefficient (Wildman–Crippen LogP) is 4.15. The van der Waals surface area contributed by atoms with E-state index in [0.29, 0.717) is 5.89 Å². The average molecular weight is 386 g/mol. The minimum absolute atomic E-state index is 0.259. The van der Waals surface area contributed by atoms with Gasteiger partial charge in [0.1, 0.15) is 5.82 Å². The first-order chi connectivity index (χ1) is 13.1. The van der Waals surface area contributed by atoms with E-state index in [9.17, 15) is 4.39 Å². The molecule has 0 aliphatic carbocycles. The molecule has 0 unspecified atom stereocenters. The third kappa shape index (κ3) is 3.97. The van der Waals surface area contributed by atoms with Crippen LogP contribution in [0.1, 0.15) is 37.9 Å². The van der Waals surface area contributed by atoms with Crippen molar-refractivity contribution in [3.63, 3.8) is 0 Å². The lowest BCUT2D eigenvalue weighted by Crippen LogP contribution is -2.03. The molecule has 0 fully saturated rings. The normalized spacial score (nSPS) is 11.6. The van der Waals surface area contributed by atoms with E-state index in [-0.39, 0.29) is 11.7 Å². The fourth-order valence-corrected chi connectivity index (χ4v) is 3.38. The molecule has 4 rings (SSSR count). The van der Waals surface area contributed by atoms with E-state index in [1.807, 2.05) is 20.0 Å². The summed E-state index contributed by atoms with van der Waals surface area (Å²) in [6.07, 6.45) is 3.43. The maximum absolute atomic E-state index is 13.0. The first-order valence-corrected chi connectivity index (χ1v) is 9.58. The SMILES string of the molecule is CC(C)c1noc(CCCNc2nn3cc(-c4ccc(F)cc4)nc3s2)n1. The van der Waals surface area contributed by atoms with Crippen molar-refractivity contribution in [1.82, 2.24) is 24.7 Å². The number of fused-ring (bicyclic) bond motifs is 1. The van der Waals surface area contributed by atoms with Crippen molar-refractivity contribution in [2.75, 3.05) is 11.9 Å². The van der Waals surface area contributed by atoms with Gasteiger partial charge in [-0.2, -0.15) is 4.98 Å². The summed E-state index contributed by atoms with van der Waals surface area (Å²) in [5.74, 6) is 1.42. The zero-order chi connectivity index (χ0) is 18.8. The van der Waals surface area contributed by atoms with Gasteiger partial charge in [0, 0.05) is 24.4 Å². The highest BCUT2D eigenvalue weighted by atomic mass is 32.1. The van der Waals surface area contributed by atoms with Crippen LogP contribution in [0.5, 0.6) is 0 Å². The summed E-state index contributed by atoms with van der Waals surface area (Å²) in [6.45, 7) is 4.83. The Morgan fingerprint density at radius 3 is 2.74 bits per heavy atom. The fraction of sp³-hybridized carbons (Fsp3) is 0.333. The first-order valence-electron chi connectivity index (χ1n) is 8.77. The monoisotopic (exact) mass is 386 g/mol. The van der Waals surface area contributed by atoms with E-state index in [2.05, 4.69) is 25.5 Å². The van der Waals surface area contributed by atoms with E-state index in [1.165, 1.54) is 23.5 Å². The van der Waals surface area contributed by atoms with Gasteiger partial charge in [-0.25, -0.2) is 13.9 Å². The van der Waals surface area contributed by atoms with E-state index < -0.39 is 0 Å². The number of aryl methyl sites for hydroxylation is 1. The van der Waals surface area contributed by atoms with Gasteiger partial charge < -0.3 is 9.84 Å². The molecule has 4 aromatic rings. The summed E-state index contributed by atoms with van der Waals surface area (Å²) in [7, 11) is 0. The summed E-state index contributed by atoms with van der Waals surface area (Å²) in [5, 5.41) is 12.5. The Kier molecular flexibility index (Phi) is 4.85. The fourth-order valence-electron chi connectivity index (χ4n) is 2.57. The van der Waals surface area contributed by atoms with Gasteiger partial charge in [-0.05, 0) is 30.7 Å². The zero-order valence-corrected chi connectivity index (χ0v) is 15.8. The third-order valence-corrected chi connectivity index (χ3v) is 4.91. The van der Waals surface area contributed by atoms with Gasteiger partial charge in [0.25, 0.3) is 0 Å². The molecule has 140 valence electrons. The summed E-state index contributed by atoms with van der Waals surface area (Å²) >= 11 is 1.47. The molecule has 0 spiro atoms. The van der Waals surface area contributed by atoms with Gasteiger partial charge in [-0.15, -0.1) is 5.10 Å². The smallest absolute Gasteiger partial charge is 0.226 e. The van der Waals surface area contributed by atoms with Crippen molar-refractivity contribution in [3.05, 3.63) is 48.0 Å². The molecule has 7 nitrogen and oxygen atoms in total. The van der Waals surface area contributed by atoms with Crippen molar-refractivity contribution < 1.29 is 8.91 Å². The Labute approximate surface area is 159 Å². The molecule has 0 amide bonds. The van der Waals surface area contributed by atoms with Crippen LogP contribution in [-0.2, 0) is 6.42 Å². The topological polar surface area (TPSA) is 81.1 Å². The minimum atomic E-state index is -0.259. The Bertz CT molecular complexity index is 1000. The number of imidazole rings is 1. The predicted molar refractivity (Wildman–Crippen MR) is 101 cm³/mol. The highest BCUT2D eigenvalue weighted by Crippen LogP contribution is 2.24. The van der Waals surface area contributed by atoms with Crippen LogP contribution >= 0.6 is 11.3 Å². The standard InChI is InChI=1S/C18H19FN6OS/c1-11(2)16-22-15(26-24-16)4-3-9-20-17-23-25-10-14(21-18(25)27-17)12-5-7-13(19)8-6-12/h5-8,10-11H,3-4,9H2,1-2H3,(H,20,23).